The number of anilines is 2. The molecule has 0 radical (unpaired) electrons. The van der Waals surface area contributed by atoms with Gasteiger partial charge < -0.3 is 14.6 Å². The number of methoxy groups -OCH3 is 1. The maximum Gasteiger partial charge on any atom is 0.435 e. The maximum atomic E-state index is 13.3. The number of rotatable bonds is 5. The first-order chi connectivity index (χ1) is 12.2. The van der Waals surface area contributed by atoms with Crippen LogP contribution >= 0.6 is 0 Å². The maximum absolute atomic E-state index is 13.3. The molecule has 9 heteroatoms. The van der Waals surface area contributed by atoms with Gasteiger partial charge in [-0.25, -0.2) is 9.97 Å². The number of nitrogens with one attached hydrogen (secondary N) is 1. The summed E-state index contributed by atoms with van der Waals surface area (Å²) in [6.45, 7) is 3.62. The first-order valence-electron chi connectivity index (χ1n) is 8.19. The van der Waals surface area contributed by atoms with Crippen LogP contribution in [0, 0.1) is 12.8 Å². The standard InChI is InChI=1S/C17H19F3N4O2/c1-9-8-24(10(2)11-4-5-11)16(25)15(21-9)22-12-6-7-13(26-3)23-14(12)17(18,19)20/h6-8,10-11H,4-5H2,1-3H3,(H,21,22)/t10-/m1/s1. The number of hydrogen-bond donors (Lipinski definition) is 1. The van der Waals surface area contributed by atoms with Crippen molar-refractivity contribution in [1.29, 1.82) is 0 Å². The molecule has 1 aliphatic rings. The summed E-state index contributed by atoms with van der Waals surface area (Å²) in [5.41, 5.74) is -1.44. The Kier molecular flexibility index (Phi) is 4.64. The summed E-state index contributed by atoms with van der Waals surface area (Å²) < 4.78 is 46.2. The van der Waals surface area contributed by atoms with Gasteiger partial charge in [-0.3, -0.25) is 4.79 Å². The van der Waals surface area contributed by atoms with Gasteiger partial charge in [0, 0.05) is 18.3 Å². The Labute approximate surface area is 148 Å². The second kappa shape index (κ2) is 6.62. The van der Waals surface area contributed by atoms with E-state index in [1.165, 1.54) is 23.8 Å². The number of pyridine rings is 1. The normalized spacial score (nSPS) is 15.6. The van der Waals surface area contributed by atoms with Crippen molar-refractivity contribution in [2.75, 3.05) is 12.4 Å². The monoisotopic (exact) mass is 368 g/mol. The number of aromatic nitrogens is 3. The van der Waals surface area contributed by atoms with Crippen LogP contribution in [0.4, 0.5) is 24.7 Å². The lowest BCUT2D eigenvalue weighted by atomic mass is 10.2. The number of halogens is 3. The van der Waals surface area contributed by atoms with Crippen LogP contribution in [0.15, 0.2) is 23.1 Å². The van der Waals surface area contributed by atoms with Gasteiger partial charge in [0.2, 0.25) is 5.88 Å². The zero-order chi connectivity index (χ0) is 19.1. The minimum absolute atomic E-state index is 0.0270. The molecule has 0 unspecified atom stereocenters. The summed E-state index contributed by atoms with van der Waals surface area (Å²) in [6, 6.07) is 2.44. The fraction of sp³-hybridized carbons (Fsp3) is 0.471. The summed E-state index contributed by atoms with van der Waals surface area (Å²) in [7, 11) is 1.23. The van der Waals surface area contributed by atoms with Crippen LogP contribution in [-0.4, -0.2) is 21.6 Å². The molecule has 0 aromatic carbocycles. The van der Waals surface area contributed by atoms with E-state index in [2.05, 4.69) is 15.3 Å². The van der Waals surface area contributed by atoms with E-state index in [1.807, 2.05) is 6.92 Å². The Hall–Kier alpha value is -2.58. The molecule has 0 amide bonds. The van der Waals surface area contributed by atoms with Crippen LogP contribution in [0.5, 0.6) is 5.88 Å². The van der Waals surface area contributed by atoms with Gasteiger partial charge in [0.25, 0.3) is 5.56 Å². The van der Waals surface area contributed by atoms with E-state index in [1.54, 1.807) is 13.1 Å². The molecule has 0 saturated heterocycles. The van der Waals surface area contributed by atoms with Crippen LogP contribution in [0.1, 0.15) is 37.2 Å². The van der Waals surface area contributed by atoms with Gasteiger partial charge in [0.05, 0.1) is 18.5 Å². The van der Waals surface area contributed by atoms with Crippen LogP contribution in [0.25, 0.3) is 0 Å². The van der Waals surface area contributed by atoms with E-state index < -0.39 is 17.4 Å². The topological polar surface area (TPSA) is 69.0 Å². The van der Waals surface area contributed by atoms with Crippen molar-refractivity contribution in [2.45, 2.75) is 38.9 Å². The summed E-state index contributed by atoms with van der Waals surface area (Å²) in [6.07, 6.45) is -0.995. The molecule has 140 valence electrons. The van der Waals surface area contributed by atoms with Crippen molar-refractivity contribution in [3.05, 3.63) is 40.1 Å². The Bertz CT molecular complexity index is 875. The van der Waals surface area contributed by atoms with Gasteiger partial charge in [-0.2, -0.15) is 13.2 Å². The molecule has 1 aliphatic carbocycles. The minimum Gasteiger partial charge on any atom is -0.481 e. The average molecular weight is 368 g/mol. The van der Waals surface area contributed by atoms with Crippen molar-refractivity contribution in [1.82, 2.24) is 14.5 Å². The van der Waals surface area contributed by atoms with Crippen molar-refractivity contribution in [2.24, 2.45) is 5.92 Å². The molecule has 3 rings (SSSR count). The molecule has 0 spiro atoms. The minimum atomic E-state index is -4.71. The number of ether oxygens (including phenoxy) is 1. The number of hydrogen-bond acceptors (Lipinski definition) is 5. The largest absolute Gasteiger partial charge is 0.481 e. The number of aryl methyl sites for hydroxylation is 1. The lowest BCUT2D eigenvalue weighted by Crippen LogP contribution is -2.28. The average Bonchev–Trinajstić information content (AvgIpc) is 3.41. The Morgan fingerprint density at radius 2 is 2.00 bits per heavy atom. The summed E-state index contributed by atoms with van der Waals surface area (Å²) in [5, 5.41) is 2.51. The third-order valence-electron chi connectivity index (χ3n) is 4.39. The van der Waals surface area contributed by atoms with Crippen LogP contribution in [0.3, 0.4) is 0 Å². The van der Waals surface area contributed by atoms with Crippen molar-refractivity contribution in [3.63, 3.8) is 0 Å². The summed E-state index contributed by atoms with van der Waals surface area (Å²) in [4.78, 5) is 20.2. The van der Waals surface area contributed by atoms with Gasteiger partial charge in [-0.1, -0.05) is 0 Å². The van der Waals surface area contributed by atoms with E-state index in [9.17, 15) is 18.0 Å². The summed E-state index contributed by atoms with van der Waals surface area (Å²) in [5.74, 6) is 0.0885. The van der Waals surface area contributed by atoms with Gasteiger partial charge in [-0.15, -0.1) is 0 Å². The van der Waals surface area contributed by atoms with E-state index in [4.69, 9.17) is 4.74 Å². The van der Waals surface area contributed by atoms with E-state index >= 15 is 0 Å². The van der Waals surface area contributed by atoms with Crippen LogP contribution < -0.4 is 15.6 Å². The van der Waals surface area contributed by atoms with Crippen LogP contribution in [-0.2, 0) is 6.18 Å². The van der Waals surface area contributed by atoms with Gasteiger partial charge in [0.15, 0.2) is 11.5 Å². The highest BCUT2D eigenvalue weighted by atomic mass is 19.4. The molecule has 1 N–H and O–H groups in total. The Morgan fingerprint density at radius 3 is 2.58 bits per heavy atom. The zero-order valence-electron chi connectivity index (χ0n) is 14.6. The molecule has 2 aromatic heterocycles. The summed E-state index contributed by atoms with van der Waals surface area (Å²) >= 11 is 0. The first kappa shape index (κ1) is 18.2. The molecule has 2 aromatic rings. The molecule has 6 nitrogen and oxygen atoms in total. The fourth-order valence-corrected chi connectivity index (χ4v) is 2.82. The van der Waals surface area contributed by atoms with E-state index in [0.717, 1.165) is 12.8 Å². The van der Waals surface area contributed by atoms with Gasteiger partial charge in [0.1, 0.15) is 0 Å². The molecule has 0 aliphatic heterocycles. The quantitative estimate of drug-likeness (QED) is 0.872. The lowest BCUT2D eigenvalue weighted by molar-refractivity contribution is -0.140. The van der Waals surface area contributed by atoms with Crippen LogP contribution in [0.2, 0.25) is 0 Å². The smallest absolute Gasteiger partial charge is 0.435 e. The fourth-order valence-electron chi connectivity index (χ4n) is 2.82. The zero-order valence-corrected chi connectivity index (χ0v) is 14.6. The second-order valence-corrected chi connectivity index (χ2v) is 6.39. The molecule has 0 bridgehead atoms. The highest BCUT2D eigenvalue weighted by Crippen LogP contribution is 2.39. The van der Waals surface area contributed by atoms with Gasteiger partial charge in [-0.05, 0) is 38.7 Å². The molecular weight excluding hydrogens is 349 g/mol. The van der Waals surface area contributed by atoms with E-state index in [0.29, 0.717) is 11.6 Å². The molecular formula is C17H19F3N4O2. The third kappa shape index (κ3) is 3.66. The predicted octanol–water partition coefficient (Wildman–Crippen LogP) is 3.69. The van der Waals surface area contributed by atoms with Gasteiger partial charge >= 0.3 is 6.18 Å². The highest BCUT2D eigenvalue weighted by Gasteiger charge is 2.37. The SMILES string of the molecule is COc1ccc(Nc2nc(C)cn([C@H](C)C3CC3)c2=O)c(C(F)(F)F)n1. The molecule has 1 atom stereocenters. The molecule has 1 fully saturated rings. The number of nitrogens with zero attached hydrogens (tertiary/aromatic N) is 3. The van der Waals surface area contributed by atoms with Crippen molar-refractivity contribution >= 4 is 11.5 Å². The molecule has 2 heterocycles. The number of alkyl halides is 3. The Balaban J connectivity index is 2.03. The second-order valence-electron chi connectivity index (χ2n) is 6.39. The highest BCUT2D eigenvalue weighted by molar-refractivity contribution is 5.59. The lowest BCUT2D eigenvalue weighted by Gasteiger charge is -2.18. The Morgan fingerprint density at radius 1 is 1.31 bits per heavy atom. The molecule has 1 saturated carbocycles. The first-order valence-corrected chi connectivity index (χ1v) is 8.19. The molecule has 26 heavy (non-hydrogen) atoms. The third-order valence-corrected chi connectivity index (χ3v) is 4.39. The predicted molar refractivity (Wildman–Crippen MR) is 89.7 cm³/mol. The van der Waals surface area contributed by atoms with Crippen molar-refractivity contribution in [3.8, 4) is 5.88 Å². The van der Waals surface area contributed by atoms with E-state index in [-0.39, 0.29) is 23.4 Å². The van der Waals surface area contributed by atoms with Crippen molar-refractivity contribution < 1.29 is 17.9 Å².